The molecule has 114 valence electrons. The lowest BCUT2D eigenvalue weighted by molar-refractivity contribution is -0.404. The molecule has 10 heteroatoms. The van der Waals surface area contributed by atoms with Gasteiger partial charge in [0.05, 0.1) is 10.6 Å². The molecule has 0 amide bonds. The second kappa shape index (κ2) is 10.6. The average Bonchev–Trinajstić information content (AvgIpc) is 2.84. The van der Waals surface area contributed by atoms with Crippen molar-refractivity contribution in [2.24, 2.45) is 0 Å². The molecule has 20 heavy (non-hydrogen) atoms. The zero-order chi connectivity index (χ0) is 14.1. The Kier molecular flexibility index (Phi) is 9.95. The summed E-state index contributed by atoms with van der Waals surface area (Å²) in [5, 5.41) is 21.9. The quantitative estimate of drug-likeness (QED) is 0.358. The van der Waals surface area contributed by atoms with Gasteiger partial charge in [0.25, 0.3) is 6.20 Å². The van der Waals surface area contributed by atoms with Crippen molar-refractivity contribution >= 4 is 40.6 Å². The lowest BCUT2D eigenvalue weighted by Gasteiger charge is -2.06. The molecule has 0 radical (unpaired) electrons. The van der Waals surface area contributed by atoms with E-state index < -0.39 is 4.92 Å². The van der Waals surface area contributed by atoms with Gasteiger partial charge >= 0.3 is 0 Å². The van der Waals surface area contributed by atoms with Gasteiger partial charge in [-0.1, -0.05) is 0 Å². The fourth-order valence-corrected chi connectivity index (χ4v) is 2.75. The van der Waals surface area contributed by atoms with E-state index in [2.05, 4.69) is 20.9 Å². The average molecular weight is 340 g/mol. The molecule has 0 spiro atoms. The first-order chi connectivity index (χ1) is 9.15. The summed E-state index contributed by atoms with van der Waals surface area (Å²) in [6, 6.07) is 0. The minimum atomic E-state index is -0.486. The molecule has 3 N–H and O–H groups in total. The number of hydrogen-bond acceptors (Lipinski definition) is 8. The third kappa shape index (κ3) is 7.41. The first-order valence-corrected chi connectivity index (χ1v) is 7.66. The van der Waals surface area contributed by atoms with Crippen molar-refractivity contribution in [3.8, 4) is 0 Å². The van der Waals surface area contributed by atoms with Gasteiger partial charge in [-0.3, -0.25) is 10.1 Å². The first-order valence-electron chi connectivity index (χ1n) is 5.62. The number of halogens is 1. The summed E-state index contributed by atoms with van der Waals surface area (Å²) in [6.07, 6.45) is 0.921. The zero-order valence-corrected chi connectivity index (χ0v) is 13.7. The minimum Gasteiger partial charge on any atom is -0.370 e. The van der Waals surface area contributed by atoms with Crippen molar-refractivity contribution < 1.29 is 4.92 Å². The second-order valence-electron chi connectivity index (χ2n) is 3.45. The number of thiazole rings is 1. The maximum Gasteiger partial charge on any atom is 0.274 e. The van der Waals surface area contributed by atoms with Crippen LogP contribution in [0.1, 0.15) is 5.69 Å². The summed E-state index contributed by atoms with van der Waals surface area (Å²) >= 11 is 3.31. The Morgan fingerprint density at radius 2 is 2.35 bits per heavy atom. The molecule has 1 aromatic rings. The smallest absolute Gasteiger partial charge is 0.274 e. The van der Waals surface area contributed by atoms with Crippen molar-refractivity contribution in [1.82, 2.24) is 15.6 Å². The molecule has 0 saturated heterocycles. The summed E-state index contributed by atoms with van der Waals surface area (Å²) in [5.74, 6) is 2.10. The van der Waals surface area contributed by atoms with E-state index in [4.69, 9.17) is 0 Å². The number of aromatic nitrogens is 1. The van der Waals surface area contributed by atoms with Crippen molar-refractivity contribution in [2.45, 2.75) is 5.75 Å². The van der Waals surface area contributed by atoms with Crippen LogP contribution in [-0.4, -0.2) is 36.3 Å². The molecule has 0 unspecified atom stereocenters. The number of anilines is 1. The van der Waals surface area contributed by atoms with Crippen LogP contribution >= 0.6 is 35.5 Å². The Morgan fingerprint density at radius 3 is 2.90 bits per heavy atom. The van der Waals surface area contributed by atoms with Gasteiger partial charge in [-0.2, -0.15) is 11.8 Å². The van der Waals surface area contributed by atoms with E-state index in [1.807, 2.05) is 12.4 Å². The highest BCUT2D eigenvalue weighted by Gasteiger charge is 2.01. The molecule has 0 aromatic carbocycles. The maximum absolute atomic E-state index is 10.3. The largest absolute Gasteiger partial charge is 0.370 e. The molecule has 0 bridgehead atoms. The SMILES string of the molecule is CNC(=C[N+](=O)[O-])NCCSCc1csc(NC)n1.Cl. The van der Waals surface area contributed by atoms with Gasteiger partial charge in [0.2, 0.25) is 0 Å². The highest BCUT2D eigenvalue weighted by Crippen LogP contribution is 2.18. The molecule has 0 atom stereocenters. The molecular weight excluding hydrogens is 322 g/mol. The first kappa shape index (κ1) is 18.8. The highest BCUT2D eigenvalue weighted by atomic mass is 35.5. The van der Waals surface area contributed by atoms with Crippen molar-refractivity contribution in [2.75, 3.05) is 31.7 Å². The minimum absolute atomic E-state index is 0. The fraction of sp³-hybridized carbons (Fsp3) is 0.500. The van der Waals surface area contributed by atoms with Crippen LogP contribution in [0.2, 0.25) is 0 Å². The number of nitro groups is 1. The fourth-order valence-electron chi connectivity index (χ4n) is 1.23. The van der Waals surface area contributed by atoms with Crippen LogP contribution in [-0.2, 0) is 5.75 Å². The molecule has 1 heterocycles. The number of nitrogens with zero attached hydrogens (tertiary/aromatic N) is 2. The lowest BCUT2D eigenvalue weighted by Crippen LogP contribution is -2.26. The normalized spacial score (nSPS) is 10.6. The van der Waals surface area contributed by atoms with Gasteiger partial charge in [-0.25, -0.2) is 4.98 Å². The summed E-state index contributed by atoms with van der Waals surface area (Å²) in [5.41, 5.74) is 1.05. The van der Waals surface area contributed by atoms with Crippen LogP contribution in [0.25, 0.3) is 0 Å². The Bertz CT molecular complexity index is 441. The van der Waals surface area contributed by atoms with E-state index in [0.717, 1.165) is 28.5 Å². The van der Waals surface area contributed by atoms with Gasteiger partial charge in [0.15, 0.2) is 11.0 Å². The number of thioether (sulfide) groups is 1. The number of hydrogen-bond donors (Lipinski definition) is 3. The van der Waals surface area contributed by atoms with Gasteiger partial charge < -0.3 is 16.0 Å². The summed E-state index contributed by atoms with van der Waals surface area (Å²) in [4.78, 5) is 14.2. The van der Waals surface area contributed by atoms with Gasteiger partial charge in [0.1, 0.15) is 0 Å². The predicted octanol–water partition coefficient (Wildman–Crippen LogP) is 1.72. The second-order valence-corrected chi connectivity index (χ2v) is 5.41. The van der Waals surface area contributed by atoms with Gasteiger partial charge in [-0.15, -0.1) is 23.7 Å². The maximum atomic E-state index is 10.3. The summed E-state index contributed by atoms with van der Waals surface area (Å²) in [7, 11) is 3.49. The molecular formula is C10H18ClN5O2S2. The Balaban J connectivity index is 0.00000361. The Labute approximate surface area is 132 Å². The highest BCUT2D eigenvalue weighted by molar-refractivity contribution is 7.98. The molecule has 0 aliphatic carbocycles. The third-order valence-electron chi connectivity index (χ3n) is 2.08. The van der Waals surface area contributed by atoms with E-state index in [0.29, 0.717) is 12.4 Å². The van der Waals surface area contributed by atoms with E-state index in [-0.39, 0.29) is 12.4 Å². The molecule has 0 fully saturated rings. The van der Waals surface area contributed by atoms with Crippen LogP contribution in [0.3, 0.4) is 0 Å². The monoisotopic (exact) mass is 339 g/mol. The number of rotatable bonds is 9. The van der Waals surface area contributed by atoms with Crippen LogP contribution in [0.15, 0.2) is 17.4 Å². The number of nitrogens with one attached hydrogen (secondary N) is 3. The van der Waals surface area contributed by atoms with Crippen LogP contribution in [0.4, 0.5) is 5.13 Å². The van der Waals surface area contributed by atoms with E-state index >= 15 is 0 Å². The summed E-state index contributed by atoms with van der Waals surface area (Å²) < 4.78 is 0. The van der Waals surface area contributed by atoms with Gasteiger partial charge in [-0.05, 0) is 0 Å². The van der Waals surface area contributed by atoms with Crippen LogP contribution < -0.4 is 16.0 Å². The lowest BCUT2D eigenvalue weighted by atomic mass is 10.6. The van der Waals surface area contributed by atoms with E-state index in [1.165, 1.54) is 0 Å². The Hall–Kier alpha value is -1.19. The molecule has 0 aliphatic heterocycles. The zero-order valence-electron chi connectivity index (χ0n) is 11.2. The topological polar surface area (TPSA) is 92.1 Å². The van der Waals surface area contributed by atoms with Crippen molar-refractivity contribution in [3.05, 3.63) is 33.2 Å². The van der Waals surface area contributed by atoms with Crippen LogP contribution in [0.5, 0.6) is 0 Å². The van der Waals surface area contributed by atoms with Crippen molar-refractivity contribution in [1.29, 1.82) is 0 Å². The standard InChI is InChI=1S/C10H17N5O2S2.ClH/c1-11-9(5-15(16)17)13-3-4-18-6-8-7-19-10(12-2)14-8;/h5,7,11,13H,3-4,6H2,1-2H3,(H,12,14);1H. The predicted molar refractivity (Wildman–Crippen MR) is 87.2 cm³/mol. The molecule has 7 nitrogen and oxygen atoms in total. The summed E-state index contributed by atoms with van der Waals surface area (Å²) in [6.45, 7) is 0.661. The van der Waals surface area contributed by atoms with Crippen molar-refractivity contribution in [3.63, 3.8) is 0 Å². The van der Waals surface area contributed by atoms with E-state index in [9.17, 15) is 10.1 Å². The molecule has 1 rings (SSSR count). The third-order valence-corrected chi connectivity index (χ3v) is 3.98. The van der Waals surface area contributed by atoms with Crippen LogP contribution in [0, 0.1) is 10.1 Å². The van der Waals surface area contributed by atoms with E-state index in [1.54, 1.807) is 30.1 Å². The molecule has 0 aliphatic rings. The Morgan fingerprint density at radius 1 is 1.60 bits per heavy atom. The molecule has 1 aromatic heterocycles. The van der Waals surface area contributed by atoms with Gasteiger partial charge in [0, 0.05) is 37.5 Å². The molecule has 0 saturated carbocycles.